The Labute approximate surface area is 117 Å². The van der Waals surface area contributed by atoms with E-state index >= 15 is 0 Å². The number of hydrogen-bond acceptors (Lipinski definition) is 2. The molecule has 0 bridgehead atoms. The molecule has 2 rings (SSSR count). The smallest absolute Gasteiger partial charge is 0.336 e. The van der Waals surface area contributed by atoms with Crippen molar-refractivity contribution in [3.8, 4) is 0 Å². The molecule has 0 atom stereocenters. The van der Waals surface area contributed by atoms with Crippen molar-refractivity contribution >= 4 is 11.8 Å². The molecule has 0 saturated carbocycles. The average Bonchev–Trinajstić information content (AvgIpc) is 2.46. The number of ketones is 1. The summed E-state index contributed by atoms with van der Waals surface area (Å²) in [6, 6.07) is 13.6. The van der Waals surface area contributed by atoms with Crippen LogP contribution in [0.3, 0.4) is 0 Å². The van der Waals surface area contributed by atoms with Crippen molar-refractivity contribution in [2.75, 3.05) is 0 Å². The van der Waals surface area contributed by atoms with Crippen LogP contribution in [0.15, 0.2) is 48.5 Å². The molecule has 0 unspecified atom stereocenters. The van der Waals surface area contributed by atoms with Crippen LogP contribution in [-0.2, 0) is 0 Å². The molecule has 0 radical (unpaired) electrons. The largest absolute Gasteiger partial charge is 0.478 e. The van der Waals surface area contributed by atoms with Crippen molar-refractivity contribution in [1.82, 2.24) is 0 Å². The number of carboxylic acids is 1. The summed E-state index contributed by atoms with van der Waals surface area (Å²) in [6.45, 7) is 4.02. The summed E-state index contributed by atoms with van der Waals surface area (Å²) in [5.74, 6) is -1.13. The first kappa shape index (κ1) is 14.0. The number of carboxylic acid groups (broad SMARTS) is 1. The highest BCUT2D eigenvalue weighted by atomic mass is 16.4. The van der Waals surface area contributed by atoms with Crippen LogP contribution in [0.5, 0.6) is 0 Å². The fourth-order valence-electron chi connectivity index (χ4n) is 2.22. The lowest BCUT2D eigenvalue weighted by Gasteiger charge is -2.12. The number of benzene rings is 2. The quantitative estimate of drug-likeness (QED) is 0.859. The number of aromatic carboxylic acids is 1. The second-order valence-electron chi connectivity index (χ2n) is 4.92. The first-order valence-electron chi connectivity index (χ1n) is 6.48. The maximum absolute atomic E-state index is 12.6. The van der Waals surface area contributed by atoms with Gasteiger partial charge in [-0.2, -0.15) is 0 Å². The highest BCUT2D eigenvalue weighted by Gasteiger charge is 2.20. The molecule has 0 aromatic heterocycles. The zero-order valence-corrected chi connectivity index (χ0v) is 11.5. The molecule has 0 aliphatic rings. The normalized spacial score (nSPS) is 10.6. The lowest BCUT2D eigenvalue weighted by Crippen LogP contribution is -2.11. The SMILES string of the molecule is CC(C)c1ccccc1C(=O)c1ccccc1C(=O)O. The van der Waals surface area contributed by atoms with Gasteiger partial charge in [-0.15, -0.1) is 0 Å². The minimum absolute atomic E-state index is 0.0380. The van der Waals surface area contributed by atoms with Crippen LogP contribution in [0.1, 0.15) is 51.6 Å². The van der Waals surface area contributed by atoms with Gasteiger partial charge in [-0.25, -0.2) is 4.79 Å². The van der Waals surface area contributed by atoms with Gasteiger partial charge in [0, 0.05) is 11.1 Å². The van der Waals surface area contributed by atoms with Crippen molar-refractivity contribution in [3.05, 3.63) is 70.8 Å². The summed E-state index contributed by atoms with van der Waals surface area (Å²) >= 11 is 0. The van der Waals surface area contributed by atoms with E-state index in [2.05, 4.69) is 0 Å². The van der Waals surface area contributed by atoms with E-state index in [1.807, 2.05) is 26.0 Å². The number of hydrogen-bond donors (Lipinski definition) is 1. The van der Waals surface area contributed by atoms with Crippen LogP contribution in [-0.4, -0.2) is 16.9 Å². The average molecular weight is 268 g/mol. The van der Waals surface area contributed by atoms with E-state index in [1.54, 1.807) is 30.3 Å². The van der Waals surface area contributed by atoms with E-state index in [0.717, 1.165) is 5.56 Å². The molecular formula is C17H16O3. The molecule has 0 heterocycles. The molecule has 0 amide bonds. The van der Waals surface area contributed by atoms with Gasteiger partial charge in [-0.3, -0.25) is 4.79 Å². The fourth-order valence-corrected chi connectivity index (χ4v) is 2.22. The molecule has 2 aromatic rings. The molecule has 3 nitrogen and oxygen atoms in total. The maximum Gasteiger partial charge on any atom is 0.336 e. The first-order valence-corrected chi connectivity index (χ1v) is 6.48. The van der Waals surface area contributed by atoms with Gasteiger partial charge in [0.15, 0.2) is 5.78 Å². The van der Waals surface area contributed by atoms with E-state index < -0.39 is 5.97 Å². The standard InChI is InChI=1S/C17H16O3/c1-11(2)12-7-3-4-8-13(12)16(18)14-9-5-6-10-15(14)17(19)20/h3-11H,1-2H3,(H,19,20). The summed E-state index contributed by atoms with van der Waals surface area (Å²) in [4.78, 5) is 23.9. The third kappa shape index (κ3) is 2.62. The molecule has 2 aromatic carbocycles. The summed E-state index contributed by atoms with van der Waals surface area (Å²) in [6.07, 6.45) is 0. The van der Waals surface area contributed by atoms with Gasteiger partial charge in [0.05, 0.1) is 5.56 Å². The third-order valence-electron chi connectivity index (χ3n) is 3.23. The Hall–Kier alpha value is -2.42. The van der Waals surface area contributed by atoms with Crippen LogP contribution in [0.2, 0.25) is 0 Å². The van der Waals surface area contributed by atoms with Crippen molar-refractivity contribution in [2.45, 2.75) is 19.8 Å². The van der Waals surface area contributed by atoms with Gasteiger partial charge in [0.25, 0.3) is 0 Å². The summed E-state index contributed by atoms with van der Waals surface area (Å²) in [5, 5.41) is 9.19. The van der Waals surface area contributed by atoms with Crippen LogP contribution >= 0.6 is 0 Å². The third-order valence-corrected chi connectivity index (χ3v) is 3.23. The molecule has 0 spiro atoms. The molecular weight excluding hydrogens is 252 g/mol. The van der Waals surface area contributed by atoms with Gasteiger partial charge in [-0.1, -0.05) is 56.3 Å². The Bertz CT molecular complexity index is 657. The molecule has 0 aliphatic heterocycles. The van der Waals surface area contributed by atoms with Crippen molar-refractivity contribution < 1.29 is 14.7 Å². The molecule has 102 valence electrons. The highest BCUT2D eigenvalue weighted by Crippen LogP contribution is 2.23. The Morgan fingerprint density at radius 2 is 1.35 bits per heavy atom. The molecule has 0 saturated heterocycles. The molecule has 3 heteroatoms. The van der Waals surface area contributed by atoms with Gasteiger partial charge < -0.3 is 5.11 Å². The van der Waals surface area contributed by atoms with Gasteiger partial charge >= 0.3 is 5.97 Å². The topological polar surface area (TPSA) is 54.4 Å². The molecule has 1 N–H and O–H groups in total. The summed E-state index contributed by atoms with van der Waals surface area (Å²) < 4.78 is 0. The minimum Gasteiger partial charge on any atom is -0.478 e. The number of carbonyl (C=O) groups is 2. The van der Waals surface area contributed by atoms with E-state index in [1.165, 1.54) is 6.07 Å². The van der Waals surface area contributed by atoms with Gasteiger partial charge in [0.2, 0.25) is 0 Å². The van der Waals surface area contributed by atoms with E-state index in [9.17, 15) is 14.7 Å². The summed E-state index contributed by atoms with van der Waals surface area (Å²) in [7, 11) is 0. The lowest BCUT2D eigenvalue weighted by atomic mass is 9.90. The van der Waals surface area contributed by atoms with Crippen molar-refractivity contribution in [1.29, 1.82) is 0 Å². The lowest BCUT2D eigenvalue weighted by molar-refractivity contribution is 0.0693. The molecule has 20 heavy (non-hydrogen) atoms. The fraction of sp³-hybridized carbons (Fsp3) is 0.176. The number of rotatable bonds is 4. The number of carbonyl (C=O) groups excluding carboxylic acids is 1. The van der Waals surface area contributed by atoms with E-state index in [-0.39, 0.29) is 22.8 Å². The van der Waals surface area contributed by atoms with Crippen LogP contribution in [0, 0.1) is 0 Å². The molecule has 0 fully saturated rings. The van der Waals surface area contributed by atoms with E-state index in [0.29, 0.717) is 5.56 Å². The Kier molecular flexibility index (Phi) is 3.99. The van der Waals surface area contributed by atoms with Crippen molar-refractivity contribution in [3.63, 3.8) is 0 Å². The Morgan fingerprint density at radius 3 is 1.90 bits per heavy atom. The predicted molar refractivity (Wildman–Crippen MR) is 77.4 cm³/mol. The van der Waals surface area contributed by atoms with Gasteiger partial charge in [0.1, 0.15) is 0 Å². The zero-order chi connectivity index (χ0) is 14.7. The monoisotopic (exact) mass is 268 g/mol. The van der Waals surface area contributed by atoms with E-state index in [4.69, 9.17) is 0 Å². The van der Waals surface area contributed by atoms with Crippen molar-refractivity contribution in [2.24, 2.45) is 0 Å². The summed E-state index contributed by atoms with van der Waals surface area (Å²) in [5.41, 5.74) is 1.76. The van der Waals surface area contributed by atoms with Crippen LogP contribution < -0.4 is 0 Å². The predicted octanol–water partition coefficient (Wildman–Crippen LogP) is 3.74. The first-order chi connectivity index (χ1) is 9.52. The second-order valence-corrected chi connectivity index (χ2v) is 4.92. The Morgan fingerprint density at radius 1 is 0.850 bits per heavy atom. The highest BCUT2D eigenvalue weighted by molar-refractivity contribution is 6.14. The maximum atomic E-state index is 12.6. The Balaban J connectivity index is 2.56. The van der Waals surface area contributed by atoms with Crippen LogP contribution in [0.25, 0.3) is 0 Å². The van der Waals surface area contributed by atoms with Gasteiger partial charge in [-0.05, 0) is 17.5 Å². The second kappa shape index (κ2) is 5.70. The minimum atomic E-state index is -1.09. The molecule has 0 aliphatic carbocycles. The van der Waals surface area contributed by atoms with Crippen LogP contribution in [0.4, 0.5) is 0 Å². The zero-order valence-electron chi connectivity index (χ0n) is 11.5.